The Kier molecular flexibility index (Phi) is 10.6. The summed E-state index contributed by atoms with van der Waals surface area (Å²) in [5, 5.41) is 20.2. The molecule has 0 aliphatic heterocycles. The van der Waals surface area contributed by atoms with E-state index in [9.17, 15) is 4.79 Å². The molecule has 2 amide bonds. The van der Waals surface area contributed by atoms with Crippen molar-refractivity contribution < 1.29 is 28.3 Å². The van der Waals surface area contributed by atoms with Crippen LogP contribution in [-0.4, -0.2) is 84.1 Å². The Hall–Kier alpha value is -0.713. The van der Waals surface area contributed by atoms with E-state index in [0.717, 1.165) is 0 Å². The van der Waals surface area contributed by atoms with Crippen LogP contribution in [0.2, 0.25) is 6.04 Å². The number of nitrogens with one attached hydrogen (secondary N) is 1. The zero-order valence-corrected chi connectivity index (χ0v) is 13.4. The van der Waals surface area contributed by atoms with E-state index in [4.69, 9.17) is 23.5 Å². The van der Waals surface area contributed by atoms with Crippen LogP contribution in [0.3, 0.4) is 0 Å². The fourth-order valence-corrected chi connectivity index (χ4v) is 3.46. The molecule has 0 radical (unpaired) electrons. The van der Waals surface area contributed by atoms with Gasteiger partial charge in [0.05, 0.1) is 13.2 Å². The molecule has 0 aliphatic rings. The highest BCUT2D eigenvalue weighted by molar-refractivity contribution is 6.60. The zero-order chi connectivity index (χ0) is 15.4. The molecule has 0 saturated carbocycles. The molecular weight excluding hydrogens is 284 g/mol. The monoisotopic (exact) mass is 310 g/mol. The van der Waals surface area contributed by atoms with Crippen LogP contribution in [-0.2, 0) is 13.3 Å². The van der Waals surface area contributed by atoms with Gasteiger partial charge in [-0.1, -0.05) is 0 Å². The quantitative estimate of drug-likeness (QED) is 0.434. The summed E-state index contributed by atoms with van der Waals surface area (Å²) in [5.74, 6) is 0. The third-order valence-corrected chi connectivity index (χ3v) is 5.72. The van der Waals surface area contributed by atoms with Gasteiger partial charge in [0, 0.05) is 47.0 Å². The lowest BCUT2D eigenvalue weighted by Crippen LogP contribution is -2.45. The second-order valence-electron chi connectivity index (χ2n) is 4.07. The molecule has 8 nitrogen and oxygen atoms in total. The summed E-state index contributed by atoms with van der Waals surface area (Å²) in [6.07, 6.45) is 0.633. The Bertz CT molecular complexity index is 257. The Morgan fingerprint density at radius 2 is 1.70 bits per heavy atom. The summed E-state index contributed by atoms with van der Waals surface area (Å²) in [6, 6.07) is 0.263. The molecule has 0 bridgehead atoms. The molecule has 3 N–H and O–H groups in total. The number of hydrogen-bond donors (Lipinski definition) is 3. The minimum atomic E-state index is -2.63. The average molecular weight is 310 g/mol. The third kappa shape index (κ3) is 6.64. The summed E-state index contributed by atoms with van der Waals surface area (Å²) in [6.45, 7) is 0.634. The second kappa shape index (κ2) is 11.0. The Balaban J connectivity index is 4.29. The highest BCUT2D eigenvalue weighted by atomic mass is 28.4. The molecule has 0 spiro atoms. The minimum absolute atomic E-state index is 0.117. The predicted octanol–water partition coefficient (Wildman–Crippen LogP) is -0.749. The number of nitrogens with zero attached hydrogens (tertiary/aromatic N) is 1. The van der Waals surface area contributed by atoms with E-state index in [1.165, 1.54) is 4.90 Å². The van der Waals surface area contributed by atoms with Gasteiger partial charge in [0.25, 0.3) is 0 Å². The summed E-state index contributed by atoms with van der Waals surface area (Å²) >= 11 is 0. The van der Waals surface area contributed by atoms with Gasteiger partial charge in [-0.15, -0.1) is 0 Å². The van der Waals surface area contributed by atoms with Crippen LogP contribution in [0.15, 0.2) is 0 Å². The van der Waals surface area contributed by atoms with Crippen molar-refractivity contribution in [2.75, 3.05) is 54.2 Å². The SMILES string of the molecule is CO[Si](CCCN(CCO)C(=O)NCCO)(OC)OC. The largest absolute Gasteiger partial charge is 0.500 e. The number of hydrogen-bond acceptors (Lipinski definition) is 6. The number of aliphatic hydroxyl groups is 2. The van der Waals surface area contributed by atoms with Crippen molar-refractivity contribution >= 4 is 14.8 Å². The van der Waals surface area contributed by atoms with E-state index in [2.05, 4.69) is 5.32 Å². The van der Waals surface area contributed by atoms with E-state index in [-0.39, 0.29) is 32.3 Å². The molecule has 0 aromatic carbocycles. The standard InChI is InChI=1S/C11H26N2O6Si/c1-17-20(18-2,19-3)10-4-6-13(7-9-15)11(16)12-5-8-14/h14-15H,4-10H2,1-3H3,(H,12,16). The van der Waals surface area contributed by atoms with Crippen LogP contribution < -0.4 is 5.32 Å². The van der Waals surface area contributed by atoms with Crippen LogP contribution >= 0.6 is 0 Å². The molecule has 0 fully saturated rings. The highest BCUT2D eigenvalue weighted by Gasteiger charge is 2.37. The first-order valence-corrected chi connectivity index (χ1v) is 8.42. The van der Waals surface area contributed by atoms with Gasteiger partial charge in [-0.2, -0.15) is 0 Å². The fraction of sp³-hybridized carbons (Fsp3) is 0.909. The molecule has 0 saturated heterocycles. The molecule has 120 valence electrons. The Morgan fingerprint density at radius 1 is 1.10 bits per heavy atom. The smallest absolute Gasteiger partial charge is 0.395 e. The van der Waals surface area contributed by atoms with E-state index in [1.54, 1.807) is 21.3 Å². The van der Waals surface area contributed by atoms with Crippen LogP contribution in [0.1, 0.15) is 6.42 Å². The summed E-state index contributed by atoms with van der Waals surface area (Å²) in [4.78, 5) is 13.2. The first kappa shape index (κ1) is 19.3. The highest BCUT2D eigenvalue weighted by Crippen LogP contribution is 2.15. The maximum absolute atomic E-state index is 11.8. The van der Waals surface area contributed by atoms with E-state index >= 15 is 0 Å². The van der Waals surface area contributed by atoms with Crippen molar-refractivity contribution in [3.05, 3.63) is 0 Å². The maximum Gasteiger partial charge on any atom is 0.500 e. The first-order chi connectivity index (χ1) is 9.59. The molecule has 20 heavy (non-hydrogen) atoms. The average Bonchev–Trinajstić information content (AvgIpc) is 2.48. The van der Waals surface area contributed by atoms with Crippen molar-refractivity contribution in [2.45, 2.75) is 12.5 Å². The summed E-state index contributed by atoms with van der Waals surface area (Å²) in [7, 11) is 1.99. The molecule has 0 atom stereocenters. The molecule has 0 unspecified atom stereocenters. The Morgan fingerprint density at radius 3 is 2.15 bits per heavy atom. The van der Waals surface area contributed by atoms with Gasteiger partial charge in [-0.25, -0.2) is 4.79 Å². The predicted molar refractivity (Wildman–Crippen MR) is 75.3 cm³/mol. The van der Waals surface area contributed by atoms with Crippen molar-refractivity contribution in [3.8, 4) is 0 Å². The molecule has 0 heterocycles. The van der Waals surface area contributed by atoms with Crippen LogP contribution in [0.4, 0.5) is 4.79 Å². The van der Waals surface area contributed by atoms with Gasteiger partial charge >= 0.3 is 14.8 Å². The number of urea groups is 1. The Labute approximate surface area is 121 Å². The second-order valence-corrected chi connectivity index (χ2v) is 7.16. The van der Waals surface area contributed by atoms with Gasteiger partial charge in [0.2, 0.25) is 0 Å². The molecule has 0 aliphatic carbocycles. The van der Waals surface area contributed by atoms with E-state index < -0.39 is 8.80 Å². The van der Waals surface area contributed by atoms with Crippen LogP contribution in [0, 0.1) is 0 Å². The zero-order valence-electron chi connectivity index (χ0n) is 12.4. The molecule has 0 aromatic heterocycles. The van der Waals surface area contributed by atoms with Crippen LogP contribution in [0.25, 0.3) is 0 Å². The van der Waals surface area contributed by atoms with Crippen molar-refractivity contribution in [1.82, 2.24) is 10.2 Å². The lowest BCUT2D eigenvalue weighted by molar-refractivity contribution is 0.121. The van der Waals surface area contributed by atoms with Gasteiger partial charge in [0.1, 0.15) is 0 Å². The maximum atomic E-state index is 11.8. The lowest BCUT2D eigenvalue weighted by atomic mass is 10.4. The fourth-order valence-electron chi connectivity index (χ4n) is 1.75. The lowest BCUT2D eigenvalue weighted by Gasteiger charge is -2.26. The van der Waals surface area contributed by atoms with Crippen LogP contribution in [0.5, 0.6) is 0 Å². The minimum Gasteiger partial charge on any atom is -0.395 e. The third-order valence-electron chi connectivity index (χ3n) is 2.89. The van der Waals surface area contributed by atoms with Gasteiger partial charge in [-0.3, -0.25) is 0 Å². The van der Waals surface area contributed by atoms with Crippen molar-refractivity contribution in [2.24, 2.45) is 0 Å². The number of rotatable bonds is 11. The van der Waals surface area contributed by atoms with Crippen molar-refractivity contribution in [1.29, 1.82) is 0 Å². The normalized spacial score (nSPS) is 11.4. The number of amides is 2. The van der Waals surface area contributed by atoms with E-state index in [1.807, 2.05) is 0 Å². The molecular formula is C11H26N2O6Si. The molecule has 0 rings (SSSR count). The molecule has 9 heteroatoms. The molecule has 0 aromatic rings. The summed E-state index contributed by atoms with van der Waals surface area (Å²) in [5.41, 5.74) is 0. The summed E-state index contributed by atoms with van der Waals surface area (Å²) < 4.78 is 15.9. The van der Waals surface area contributed by atoms with Crippen molar-refractivity contribution in [3.63, 3.8) is 0 Å². The van der Waals surface area contributed by atoms with Gasteiger partial charge in [0.15, 0.2) is 0 Å². The van der Waals surface area contributed by atoms with E-state index in [0.29, 0.717) is 19.0 Å². The first-order valence-electron chi connectivity index (χ1n) is 6.49. The van der Waals surface area contributed by atoms with Gasteiger partial charge in [-0.05, 0) is 6.42 Å². The number of carbonyl (C=O) groups excluding carboxylic acids is 1. The van der Waals surface area contributed by atoms with Gasteiger partial charge < -0.3 is 33.7 Å². The number of carbonyl (C=O) groups is 1. The topological polar surface area (TPSA) is 100 Å². The number of aliphatic hydroxyl groups excluding tert-OH is 2.